The van der Waals surface area contributed by atoms with Gasteiger partial charge >= 0.3 is 0 Å². The van der Waals surface area contributed by atoms with E-state index in [1.807, 2.05) is 38.1 Å². The molecule has 1 aliphatic heterocycles. The van der Waals surface area contributed by atoms with Crippen LogP contribution in [0.2, 0.25) is 0 Å². The van der Waals surface area contributed by atoms with Crippen LogP contribution in [0.3, 0.4) is 0 Å². The molecule has 22 heavy (non-hydrogen) atoms. The van der Waals surface area contributed by atoms with Gasteiger partial charge in [0.1, 0.15) is 5.75 Å². The lowest BCUT2D eigenvalue weighted by molar-refractivity contribution is -0.120. The van der Waals surface area contributed by atoms with Crippen molar-refractivity contribution in [3.8, 4) is 5.75 Å². The van der Waals surface area contributed by atoms with Crippen molar-refractivity contribution in [2.24, 2.45) is 0 Å². The van der Waals surface area contributed by atoms with Crippen molar-refractivity contribution in [2.45, 2.75) is 19.9 Å². The summed E-state index contributed by atoms with van der Waals surface area (Å²) in [7, 11) is 0. The first-order valence-corrected chi connectivity index (χ1v) is 7.19. The van der Waals surface area contributed by atoms with E-state index in [2.05, 4.69) is 15.5 Å². The average Bonchev–Trinajstić information content (AvgIpc) is 2.49. The van der Waals surface area contributed by atoms with Crippen molar-refractivity contribution in [1.82, 2.24) is 10.2 Å². The van der Waals surface area contributed by atoms with Crippen LogP contribution in [0.25, 0.3) is 0 Å². The third kappa shape index (κ3) is 6.01. The number of piperazine rings is 1. The number of carbonyl (C=O) groups is 1. The van der Waals surface area contributed by atoms with Gasteiger partial charge < -0.3 is 15.4 Å². The fraction of sp³-hybridized carbons (Fsp3) is 0.533. The number of carbonyl (C=O) groups excluding carboxylic acids is 1. The first-order valence-electron chi connectivity index (χ1n) is 7.19. The Morgan fingerprint density at radius 2 is 1.86 bits per heavy atom. The fourth-order valence-corrected chi connectivity index (χ4v) is 2.28. The molecule has 0 bridgehead atoms. The normalized spacial score (nSPS) is 15.9. The van der Waals surface area contributed by atoms with Crippen LogP contribution in [0.15, 0.2) is 24.3 Å². The van der Waals surface area contributed by atoms with Gasteiger partial charge in [-0.05, 0) is 38.1 Å². The van der Waals surface area contributed by atoms with Crippen LogP contribution in [0, 0.1) is 0 Å². The molecule has 7 heteroatoms. The molecule has 2 rings (SSSR count). The molecule has 0 spiro atoms. The van der Waals surface area contributed by atoms with Crippen molar-refractivity contribution in [1.29, 1.82) is 0 Å². The predicted molar refractivity (Wildman–Crippen MR) is 94.6 cm³/mol. The summed E-state index contributed by atoms with van der Waals surface area (Å²) >= 11 is 0. The van der Waals surface area contributed by atoms with E-state index in [1.54, 1.807) is 0 Å². The van der Waals surface area contributed by atoms with Gasteiger partial charge in [-0.25, -0.2) is 0 Å². The largest absolute Gasteiger partial charge is 0.494 e. The van der Waals surface area contributed by atoms with Crippen LogP contribution in [-0.2, 0) is 4.79 Å². The fourth-order valence-electron chi connectivity index (χ4n) is 2.28. The molecule has 0 saturated carbocycles. The van der Waals surface area contributed by atoms with Gasteiger partial charge in [-0.3, -0.25) is 9.69 Å². The van der Waals surface area contributed by atoms with Gasteiger partial charge in [-0.2, -0.15) is 0 Å². The number of benzene rings is 1. The van der Waals surface area contributed by atoms with Gasteiger partial charge in [0.25, 0.3) is 0 Å². The molecule has 0 radical (unpaired) electrons. The summed E-state index contributed by atoms with van der Waals surface area (Å²) in [5.41, 5.74) is 0.806. The number of halogens is 2. The smallest absolute Gasteiger partial charge is 0.241 e. The number of rotatable bonds is 5. The molecule has 5 nitrogen and oxygen atoms in total. The zero-order valence-corrected chi connectivity index (χ0v) is 14.6. The van der Waals surface area contributed by atoms with Gasteiger partial charge in [-0.15, -0.1) is 24.8 Å². The van der Waals surface area contributed by atoms with E-state index in [9.17, 15) is 4.79 Å². The van der Waals surface area contributed by atoms with E-state index < -0.39 is 0 Å². The Hall–Kier alpha value is -1.01. The minimum Gasteiger partial charge on any atom is -0.494 e. The maximum atomic E-state index is 12.2. The first-order chi connectivity index (χ1) is 9.70. The molecule has 1 unspecified atom stereocenters. The number of anilines is 1. The second kappa shape index (κ2) is 10.7. The molecule has 1 aromatic rings. The Balaban J connectivity index is 0.00000220. The van der Waals surface area contributed by atoms with E-state index >= 15 is 0 Å². The Morgan fingerprint density at radius 1 is 1.27 bits per heavy atom. The number of nitrogens with zero attached hydrogens (tertiary/aromatic N) is 1. The molecule has 2 N–H and O–H groups in total. The van der Waals surface area contributed by atoms with Gasteiger partial charge in [0.15, 0.2) is 0 Å². The van der Waals surface area contributed by atoms with Gasteiger partial charge in [0.05, 0.1) is 12.6 Å². The maximum Gasteiger partial charge on any atom is 0.241 e. The molecular formula is C15H25Cl2N3O2. The Kier molecular flexibility index (Phi) is 10.2. The summed E-state index contributed by atoms with van der Waals surface area (Å²) < 4.78 is 5.38. The van der Waals surface area contributed by atoms with Crippen LogP contribution >= 0.6 is 24.8 Å². The summed E-state index contributed by atoms with van der Waals surface area (Å²) in [5, 5.41) is 6.24. The van der Waals surface area contributed by atoms with Gasteiger partial charge in [-0.1, -0.05) is 0 Å². The molecule has 1 heterocycles. The van der Waals surface area contributed by atoms with E-state index in [0.717, 1.165) is 37.6 Å². The summed E-state index contributed by atoms with van der Waals surface area (Å²) in [6, 6.07) is 7.37. The van der Waals surface area contributed by atoms with E-state index in [1.165, 1.54) is 0 Å². The van der Waals surface area contributed by atoms with E-state index in [-0.39, 0.29) is 36.8 Å². The predicted octanol–water partition coefficient (Wildman–Crippen LogP) is 2.16. The topological polar surface area (TPSA) is 53.6 Å². The van der Waals surface area contributed by atoms with E-state index in [0.29, 0.717) is 6.61 Å². The molecule has 126 valence electrons. The van der Waals surface area contributed by atoms with Gasteiger partial charge in [0.2, 0.25) is 5.91 Å². The Labute approximate surface area is 144 Å². The van der Waals surface area contributed by atoms with Crippen molar-refractivity contribution in [3.63, 3.8) is 0 Å². The lowest BCUT2D eigenvalue weighted by Crippen LogP contribution is -2.51. The molecule has 0 aromatic heterocycles. The second-order valence-electron chi connectivity index (χ2n) is 4.91. The highest BCUT2D eigenvalue weighted by molar-refractivity contribution is 5.94. The molecule has 1 saturated heterocycles. The van der Waals surface area contributed by atoms with Crippen molar-refractivity contribution in [2.75, 3.05) is 38.1 Å². The number of hydrogen-bond donors (Lipinski definition) is 2. The summed E-state index contributed by atoms with van der Waals surface area (Å²) in [5.74, 6) is 0.858. The number of ether oxygens (including phenoxy) is 1. The molecule has 1 atom stereocenters. The molecular weight excluding hydrogens is 325 g/mol. The molecule has 0 aliphatic carbocycles. The third-order valence-corrected chi connectivity index (χ3v) is 3.51. The highest BCUT2D eigenvalue weighted by Crippen LogP contribution is 2.16. The quantitative estimate of drug-likeness (QED) is 0.855. The molecule has 1 fully saturated rings. The number of hydrogen-bond acceptors (Lipinski definition) is 4. The SMILES string of the molecule is CCOc1ccc(NC(=O)C(C)N2CCNCC2)cc1.Cl.Cl. The Morgan fingerprint density at radius 3 is 2.41 bits per heavy atom. The van der Waals surface area contributed by atoms with E-state index in [4.69, 9.17) is 4.74 Å². The second-order valence-corrected chi connectivity index (χ2v) is 4.91. The van der Waals surface area contributed by atoms with Gasteiger partial charge in [0, 0.05) is 31.9 Å². The van der Waals surface area contributed by atoms with Crippen LogP contribution in [0.4, 0.5) is 5.69 Å². The third-order valence-electron chi connectivity index (χ3n) is 3.51. The standard InChI is InChI=1S/C15H23N3O2.2ClH/c1-3-20-14-6-4-13(5-7-14)17-15(19)12(2)18-10-8-16-9-11-18;;/h4-7,12,16H,3,8-11H2,1-2H3,(H,17,19);2*1H. The summed E-state index contributed by atoms with van der Waals surface area (Å²) in [6.45, 7) is 8.27. The minimum absolute atomic E-state index is 0. The monoisotopic (exact) mass is 349 g/mol. The zero-order chi connectivity index (χ0) is 14.4. The Bertz CT molecular complexity index is 437. The zero-order valence-electron chi connectivity index (χ0n) is 13.0. The highest BCUT2D eigenvalue weighted by Gasteiger charge is 2.22. The summed E-state index contributed by atoms with van der Waals surface area (Å²) in [6.07, 6.45) is 0. The van der Waals surface area contributed by atoms with Crippen LogP contribution in [-0.4, -0.2) is 49.6 Å². The van der Waals surface area contributed by atoms with Crippen molar-refractivity contribution in [3.05, 3.63) is 24.3 Å². The lowest BCUT2D eigenvalue weighted by Gasteiger charge is -2.31. The van der Waals surface area contributed by atoms with Crippen LogP contribution < -0.4 is 15.4 Å². The van der Waals surface area contributed by atoms with Crippen molar-refractivity contribution < 1.29 is 9.53 Å². The maximum absolute atomic E-state index is 12.2. The average molecular weight is 350 g/mol. The van der Waals surface area contributed by atoms with Crippen molar-refractivity contribution >= 4 is 36.4 Å². The number of nitrogens with one attached hydrogen (secondary N) is 2. The first kappa shape index (κ1) is 21.0. The molecule has 1 aromatic carbocycles. The highest BCUT2D eigenvalue weighted by atomic mass is 35.5. The van der Waals surface area contributed by atoms with Crippen LogP contribution in [0.1, 0.15) is 13.8 Å². The molecule has 1 amide bonds. The minimum atomic E-state index is -0.108. The summed E-state index contributed by atoms with van der Waals surface area (Å²) in [4.78, 5) is 14.4. The number of amides is 1. The van der Waals surface area contributed by atoms with Crippen LogP contribution in [0.5, 0.6) is 5.75 Å². The molecule has 1 aliphatic rings. The lowest BCUT2D eigenvalue weighted by atomic mass is 10.2.